The summed E-state index contributed by atoms with van der Waals surface area (Å²) in [5.74, 6) is -0.899. The maximum atomic E-state index is 13.5. The number of imide groups is 2. The van der Waals surface area contributed by atoms with E-state index in [9.17, 15) is 29.4 Å². The van der Waals surface area contributed by atoms with Gasteiger partial charge in [0, 0.05) is 13.1 Å². The van der Waals surface area contributed by atoms with Crippen molar-refractivity contribution in [3.63, 3.8) is 0 Å². The fourth-order valence-electron chi connectivity index (χ4n) is 6.19. The molecule has 236 valence electrons. The molecule has 4 saturated heterocycles. The van der Waals surface area contributed by atoms with Gasteiger partial charge in [0.05, 0.1) is 25.3 Å². The van der Waals surface area contributed by atoms with Crippen LogP contribution in [0.2, 0.25) is 0 Å². The predicted molar refractivity (Wildman–Crippen MR) is 158 cm³/mol. The van der Waals surface area contributed by atoms with Crippen molar-refractivity contribution in [3.05, 3.63) is 0 Å². The van der Waals surface area contributed by atoms with E-state index in [2.05, 4.69) is 9.80 Å². The quantitative estimate of drug-likeness (QED) is 0.351. The first-order valence-corrected chi connectivity index (χ1v) is 14.4. The molecule has 6 amide bonds. The Balaban J connectivity index is 0.00000294. The molecule has 4 aliphatic heterocycles. The number of halogens is 2. The molecule has 0 aliphatic carbocycles. The number of amides is 6. The molecule has 0 aromatic heterocycles. The zero-order valence-corrected chi connectivity index (χ0v) is 26.4. The van der Waals surface area contributed by atoms with Crippen molar-refractivity contribution < 1.29 is 29.4 Å². The molecule has 4 fully saturated rings. The molecule has 0 radical (unpaired) electrons. The highest BCUT2D eigenvalue weighted by atomic mass is 35.5. The minimum Gasteiger partial charge on any atom is -0.390 e. The van der Waals surface area contributed by atoms with E-state index in [1.807, 2.05) is 0 Å². The molecule has 0 saturated carbocycles. The highest BCUT2D eigenvalue weighted by molar-refractivity contribution is 6.08. The number of aliphatic hydroxyl groups excluding tert-OH is 2. The van der Waals surface area contributed by atoms with Crippen molar-refractivity contribution >= 4 is 48.7 Å². The van der Waals surface area contributed by atoms with Crippen LogP contribution in [0.15, 0.2) is 0 Å². The van der Waals surface area contributed by atoms with Gasteiger partial charge in [-0.3, -0.25) is 29.2 Å². The summed E-state index contributed by atoms with van der Waals surface area (Å²) in [6.07, 6.45) is 4.85. The Morgan fingerprint density at radius 3 is 1.22 bits per heavy atom. The number of urea groups is 2. The topological polar surface area (TPSA) is 128 Å². The first-order valence-electron chi connectivity index (χ1n) is 14.4. The third-order valence-electron chi connectivity index (χ3n) is 8.72. The van der Waals surface area contributed by atoms with E-state index in [1.54, 1.807) is 27.7 Å². The van der Waals surface area contributed by atoms with Gasteiger partial charge in [0.2, 0.25) is 0 Å². The SMILES string of the molecule is CC1(C)C(=O)N(CC(O)CN2CCCCC2)C(=O)N1CN1C(=O)N(CC(O)CN2CCCCC2)C(=O)C1(C)C.Cl.Cl. The lowest BCUT2D eigenvalue weighted by Gasteiger charge is -2.36. The number of hydrogen-bond donors (Lipinski definition) is 2. The first-order chi connectivity index (χ1) is 18.3. The fraction of sp³-hybridized carbons (Fsp3) is 0.852. The van der Waals surface area contributed by atoms with Crippen LogP contribution in [0, 0.1) is 0 Å². The lowest BCUT2D eigenvalue weighted by Crippen LogP contribution is -2.55. The summed E-state index contributed by atoms with van der Waals surface area (Å²) in [5.41, 5.74) is -2.52. The lowest BCUT2D eigenvalue weighted by molar-refractivity contribution is -0.134. The number of nitrogens with zero attached hydrogens (tertiary/aromatic N) is 6. The molecule has 14 heteroatoms. The largest absolute Gasteiger partial charge is 0.390 e. The Bertz CT molecular complexity index is 883. The average Bonchev–Trinajstić information content (AvgIpc) is 3.14. The maximum absolute atomic E-state index is 13.5. The molecule has 4 rings (SSSR count). The van der Waals surface area contributed by atoms with E-state index in [4.69, 9.17) is 0 Å². The van der Waals surface area contributed by atoms with Gasteiger partial charge in [0.15, 0.2) is 0 Å². The van der Waals surface area contributed by atoms with Crippen LogP contribution in [0.1, 0.15) is 66.2 Å². The number of carbonyl (C=O) groups is 4. The van der Waals surface area contributed by atoms with E-state index in [0.29, 0.717) is 13.1 Å². The van der Waals surface area contributed by atoms with Gasteiger partial charge in [-0.1, -0.05) is 12.8 Å². The summed E-state index contributed by atoms with van der Waals surface area (Å²) in [7, 11) is 0. The molecule has 41 heavy (non-hydrogen) atoms. The molecule has 0 aromatic carbocycles. The van der Waals surface area contributed by atoms with Crippen molar-refractivity contribution in [1.82, 2.24) is 29.4 Å². The molecule has 2 N–H and O–H groups in total. The van der Waals surface area contributed by atoms with Crippen LogP contribution in [0.3, 0.4) is 0 Å². The van der Waals surface area contributed by atoms with Crippen LogP contribution >= 0.6 is 24.8 Å². The number of piperidine rings is 2. The first kappa shape index (κ1) is 35.5. The third-order valence-corrected chi connectivity index (χ3v) is 8.72. The van der Waals surface area contributed by atoms with Crippen molar-refractivity contribution in [3.8, 4) is 0 Å². The van der Waals surface area contributed by atoms with Gasteiger partial charge in [-0.15, -0.1) is 24.8 Å². The molecular formula is C27H48Cl2N6O6. The van der Waals surface area contributed by atoms with E-state index in [-0.39, 0.29) is 44.6 Å². The Hall–Kier alpha value is -1.70. The Morgan fingerprint density at radius 1 is 0.585 bits per heavy atom. The Morgan fingerprint density at radius 2 is 0.902 bits per heavy atom. The second-order valence-corrected chi connectivity index (χ2v) is 12.5. The molecule has 2 unspecified atom stereocenters. The van der Waals surface area contributed by atoms with Gasteiger partial charge in [-0.25, -0.2) is 9.59 Å². The zero-order chi connectivity index (χ0) is 28.5. The van der Waals surface area contributed by atoms with Crippen molar-refractivity contribution in [2.45, 2.75) is 89.5 Å². The van der Waals surface area contributed by atoms with Crippen LogP contribution in [-0.2, 0) is 9.59 Å². The smallest absolute Gasteiger partial charge is 0.329 e. The van der Waals surface area contributed by atoms with Crippen LogP contribution in [0.5, 0.6) is 0 Å². The van der Waals surface area contributed by atoms with Gasteiger partial charge < -0.3 is 20.0 Å². The van der Waals surface area contributed by atoms with Gasteiger partial charge in [-0.05, 0) is 79.6 Å². The van der Waals surface area contributed by atoms with Crippen LogP contribution < -0.4 is 0 Å². The van der Waals surface area contributed by atoms with Crippen molar-refractivity contribution in [2.75, 3.05) is 59.0 Å². The minimum absolute atomic E-state index is 0. The molecule has 4 aliphatic rings. The molecule has 0 spiro atoms. The van der Waals surface area contributed by atoms with Crippen LogP contribution in [0.4, 0.5) is 9.59 Å². The monoisotopic (exact) mass is 622 g/mol. The number of likely N-dealkylation sites (tertiary alicyclic amines) is 2. The highest BCUT2D eigenvalue weighted by Crippen LogP contribution is 2.33. The normalized spacial score (nSPS) is 24.9. The van der Waals surface area contributed by atoms with Crippen LogP contribution in [0.25, 0.3) is 0 Å². The maximum Gasteiger partial charge on any atom is 0.329 e. The van der Waals surface area contributed by atoms with Gasteiger partial charge in [0.25, 0.3) is 11.8 Å². The van der Waals surface area contributed by atoms with E-state index >= 15 is 0 Å². The zero-order valence-electron chi connectivity index (χ0n) is 24.8. The number of rotatable bonds is 10. The lowest BCUT2D eigenvalue weighted by atomic mass is 10.0. The summed E-state index contributed by atoms with van der Waals surface area (Å²) in [6.45, 7) is 10.3. The predicted octanol–water partition coefficient (Wildman–Crippen LogP) is 1.57. The summed E-state index contributed by atoms with van der Waals surface area (Å²) in [6, 6.07) is -1.19. The standard InChI is InChI=1S/C27H46N6O6.2ClH/c1-26(2)22(36)30(17-20(34)15-28-11-7-5-8-12-28)24(38)32(26)19-33-25(39)31(23(37)27(33,3)4)18-21(35)16-29-13-9-6-10-14-29;;/h20-21,34-35H,5-19H2,1-4H3;2*1H. The van der Waals surface area contributed by atoms with Crippen LogP contribution in [-0.4, -0.2) is 146 Å². The van der Waals surface area contributed by atoms with E-state index in [0.717, 1.165) is 61.7 Å². The number of hydrogen-bond acceptors (Lipinski definition) is 8. The minimum atomic E-state index is -1.26. The van der Waals surface area contributed by atoms with Gasteiger partial charge >= 0.3 is 12.1 Å². The molecular weight excluding hydrogens is 575 g/mol. The van der Waals surface area contributed by atoms with E-state index < -0.39 is 47.2 Å². The molecule has 0 aromatic rings. The summed E-state index contributed by atoms with van der Waals surface area (Å²) < 4.78 is 0. The summed E-state index contributed by atoms with van der Waals surface area (Å²) >= 11 is 0. The number of carbonyl (C=O) groups excluding carboxylic acids is 4. The molecule has 0 bridgehead atoms. The molecule has 4 heterocycles. The summed E-state index contributed by atoms with van der Waals surface area (Å²) in [4.78, 5) is 62.5. The average molecular weight is 624 g/mol. The van der Waals surface area contributed by atoms with Gasteiger partial charge in [0.1, 0.15) is 17.7 Å². The second kappa shape index (κ2) is 14.2. The number of β-amino-alcohol motifs (C(OH)–C–C–N with tert-alkyl or cyclic N) is 2. The van der Waals surface area contributed by atoms with Crippen molar-refractivity contribution in [2.24, 2.45) is 0 Å². The Kier molecular flexibility index (Phi) is 12.3. The molecule has 2 atom stereocenters. The van der Waals surface area contributed by atoms with Crippen molar-refractivity contribution in [1.29, 1.82) is 0 Å². The highest BCUT2D eigenvalue weighted by Gasteiger charge is 2.57. The van der Waals surface area contributed by atoms with E-state index in [1.165, 1.54) is 22.6 Å². The number of aliphatic hydroxyl groups is 2. The van der Waals surface area contributed by atoms with Gasteiger partial charge in [-0.2, -0.15) is 0 Å². The second-order valence-electron chi connectivity index (χ2n) is 12.5. The third kappa shape index (κ3) is 7.45. The fourth-order valence-corrected chi connectivity index (χ4v) is 6.19. The summed E-state index contributed by atoms with van der Waals surface area (Å²) in [5, 5.41) is 21.4. The Labute approximate surface area is 255 Å². The molecule has 12 nitrogen and oxygen atoms in total.